The molecule has 1 aliphatic rings. The Hall–Kier alpha value is -3.33. The van der Waals surface area contributed by atoms with Gasteiger partial charge in [0.05, 0.1) is 24.7 Å². The number of furan rings is 1. The second kappa shape index (κ2) is 10.1. The number of esters is 1. The van der Waals surface area contributed by atoms with Gasteiger partial charge in [-0.2, -0.15) is 0 Å². The fourth-order valence-electron chi connectivity index (χ4n) is 4.32. The first-order valence-corrected chi connectivity index (χ1v) is 12.5. The second-order valence-electron chi connectivity index (χ2n) is 8.94. The number of anilines is 1. The van der Waals surface area contributed by atoms with E-state index in [1.165, 1.54) is 17.3 Å². The summed E-state index contributed by atoms with van der Waals surface area (Å²) in [4.78, 5) is 27.5. The van der Waals surface area contributed by atoms with Gasteiger partial charge in [-0.1, -0.05) is 43.8 Å². The molecule has 0 fully saturated rings. The number of likely N-dealkylation sites (N-methyl/N-ethyl adjacent to an activating group) is 1. The van der Waals surface area contributed by atoms with Gasteiger partial charge < -0.3 is 14.1 Å². The number of carbonyl (C=O) groups is 2. The number of carbonyl (C=O) groups excluding carboxylic acids is 2. The van der Waals surface area contributed by atoms with Crippen molar-refractivity contribution in [2.75, 3.05) is 18.6 Å². The van der Waals surface area contributed by atoms with Crippen LogP contribution in [0.5, 0.6) is 0 Å². The first kappa shape index (κ1) is 24.8. The van der Waals surface area contributed by atoms with Crippen molar-refractivity contribution in [3.63, 3.8) is 0 Å². The molecule has 35 heavy (non-hydrogen) atoms. The number of nitrogens with zero attached hydrogens (tertiary/aromatic N) is 4. The molecular formula is C26H30N4O4S. The topological polar surface area (TPSA) is 90.5 Å². The van der Waals surface area contributed by atoms with E-state index in [9.17, 15) is 9.59 Å². The van der Waals surface area contributed by atoms with Crippen LogP contribution >= 0.6 is 11.8 Å². The molecule has 3 heterocycles. The molecule has 3 aromatic rings. The Kier molecular flexibility index (Phi) is 7.16. The Balaban J connectivity index is 1.56. The lowest BCUT2D eigenvalue weighted by Crippen LogP contribution is -2.25. The molecule has 0 radical (unpaired) electrons. The number of benzene rings is 1. The second-order valence-corrected chi connectivity index (χ2v) is 10.2. The summed E-state index contributed by atoms with van der Waals surface area (Å²) in [5.74, 6) is 0.770. The first-order valence-electron chi connectivity index (χ1n) is 11.6. The van der Waals surface area contributed by atoms with Crippen LogP contribution in [0.25, 0.3) is 0 Å². The van der Waals surface area contributed by atoms with E-state index < -0.39 is 5.25 Å². The minimum absolute atomic E-state index is 0.00820. The monoisotopic (exact) mass is 494 g/mol. The normalized spacial score (nSPS) is 16.4. The molecule has 4 rings (SSSR count). The molecule has 0 saturated heterocycles. The van der Waals surface area contributed by atoms with Gasteiger partial charge in [0.25, 0.3) is 0 Å². The van der Waals surface area contributed by atoms with Crippen LogP contribution in [0.15, 0.2) is 64.0 Å². The molecule has 0 amide bonds. The summed E-state index contributed by atoms with van der Waals surface area (Å²) < 4.78 is 12.4. The van der Waals surface area contributed by atoms with Crippen LogP contribution in [-0.4, -0.2) is 45.4 Å². The molecule has 1 aliphatic heterocycles. The number of ketones is 1. The van der Waals surface area contributed by atoms with Gasteiger partial charge >= 0.3 is 5.97 Å². The zero-order valence-electron chi connectivity index (χ0n) is 20.6. The van der Waals surface area contributed by atoms with E-state index in [4.69, 9.17) is 9.15 Å². The Morgan fingerprint density at radius 3 is 2.66 bits per heavy atom. The van der Waals surface area contributed by atoms with Gasteiger partial charge in [0.1, 0.15) is 18.0 Å². The highest BCUT2D eigenvalue weighted by Crippen LogP contribution is 2.46. The van der Waals surface area contributed by atoms with Crippen molar-refractivity contribution < 1.29 is 18.7 Å². The lowest BCUT2D eigenvalue weighted by atomic mass is 9.83. The fourth-order valence-corrected chi connectivity index (χ4v) is 5.21. The van der Waals surface area contributed by atoms with E-state index in [1.54, 1.807) is 29.9 Å². The third kappa shape index (κ3) is 5.05. The summed E-state index contributed by atoms with van der Waals surface area (Å²) in [6, 6.07) is 11.9. The van der Waals surface area contributed by atoms with Crippen molar-refractivity contribution in [3.8, 4) is 0 Å². The van der Waals surface area contributed by atoms with E-state index in [0.29, 0.717) is 29.9 Å². The van der Waals surface area contributed by atoms with Gasteiger partial charge in [-0.05, 0) is 37.6 Å². The molecule has 0 bridgehead atoms. The van der Waals surface area contributed by atoms with Crippen LogP contribution in [0.3, 0.4) is 0 Å². The van der Waals surface area contributed by atoms with E-state index in [-0.39, 0.29) is 23.6 Å². The van der Waals surface area contributed by atoms with Crippen LogP contribution in [-0.2, 0) is 32.7 Å². The minimum atomic E-state index is -0.412. The Morgan fingerprint density at radius 1 is 1.20 bits per heavy atom. The number of para-hydroxylation sites is 1. The molecular weight excluding hydrogens is 464 g/mol. The number of hydrogen-bond acceptors (Lipinski definition) is 8. The van der Waals surface area contributed by atoms with Gasteiger partial charge in [-0.3, -0.25) is 14.2 Å². The number of rotatable bonds is 9. The number of aromatic nitrogens is 3. The Bertz CT molecular complexity index is 1250. The molecule has 0 aliphatic carbocycles. The predicted octanol–water partition coefficient (Wildman–Crippen LogP) is 4.39. The fraction of sp³-hybridized carbons (Fsp3) is 0.385. The lowest BCUT2D eigenvalue weighted by Gasteiger charge is -2.24. The van der Waals surface area contributed by atoms with Crippen LogP contribution < -0.4 is 4.90 Å². The highest BCUT2D eigenvalue weighted by Gasteiger charge is 2.39. The summed E-state index contributed by atoms with van der Waals surface area (Å²) in [5.41, 5.74) is 2.98. The summed E-state index contributed by atoms with van der Waals surface area (Å²) in [6.07, 6.45) is 3.32. The molecule has 8 nitrogen and oxygen atoms in total. The molecule has 2 aromatic heterocycles. The van der Waals surface area contributed by atoms with Crippen LogP contribution in [0.4, 0.5) is 5.69 Å². The summed E-state index contributed by atoms with van der Waals surface area (Å²) in [5, 5.41) is 8.63. The van der Waals surface area contributed by atoms with Crippen molar-refractivity contribution >= 4 is 29.2 Å². The third-order valence-electron chi connectivity index (χ3n) is 6.20. The largest absolute Gasteiger partial charge is 0.467 e. The van der Waals surface area contributed by atoms with Crippen LogP contribution in [0, 0.1) is 0 Å². The first-order chi connectivity index (χ1) is 16.7. The average molecular weight is 495 g/mol. The molecule has 0 N–H and O–H groups in total. The van der Waals surface area contributed by atoms with E-state index in [0.717, 1.165) is 11.4 Å². The van der Waals surface area contributed by atoms with E-state index >= 15 is 0 Å². The lowest BCUT2D eigenvalue weighted by molar-refractivity contribution is -0.142. The van der Waals surface area contributed by atoms with Gasteiger partial charge in [0, 0.05) is 29.9 Å². The van der Waals surface area contributed by atoms with Gasteiger partial charge in [0.15, 0.2) is 10.9 Å². The Labute approximate surface area is 209 Å². The number of fused-ring (bicyclic) bond motifs is 1. The van der Waals surface area contributed by atoms with Crippen molar-refractivity contribution in [2.45, 2.75) is 56.5 Å². The highest BCUT2D eigenvalue weighted by molar-refractivity contribution is 8.00. The number of allylic oxidation sites excluding steroid dienone is 2. The van der Waals surface area contributed by atoms with E-state index in [2.05, 4.69) is 41.1 Å². The predicted molar refractivity (Wildman–Crippen MR) is 134 cm³/mol. The zero-order valence-corrected chi connectivity index (χ0v) is 21.5. The molecule has 0 spiro atoms. The maximum Gasteiger partial charge on any atom is 0.313 e. The zero-order chi connectivity index (χ0) is 25.2. The number of hydrogen-bond donors (Lipinski definition) is 0. The van der Waals surface area contributed by atoms with E-state index in [1.807, 2.05) is 32.2 Å². The number of thioether (sulfide) groups is 1. The van der Waals surface area contributed by atoms with Gasteiger partial charge in [-0.15, -0.1) is 10.2 Å². The maximum atomic E-state index is 13.3. The van der Waals surface area contributed by atoms with Crippen molar-refractivity contribution in [1.29, 1.82) is 0 Å². The summed E-state index contributed by atoms with van der Waals surface area (Å²) >= 11 is 1.31. The Morgan fingerprint density at radius 2 is 1.97 bits per heavy atom. The van der Waals surface area contributed by atoms with Gasteiger partial charge in [0.2, 0.25) is 0 Å². The van der Waals surface area contributed by atoms with Crippen molar-refractivity contribution in [2.24, 2.45) is 0 Å². The molecule has 1 atom stereocenters. The number of ether oxygens (including phenoxy) is 1. The standard InChI is InChI=1S/C26H30N4O4S/c1-6-33-24(32)15-23-27-28-25(30(23)16-18-10-9-13-34-18)35-17(2)21(31)14-22-26(3,4)19-11-7-8-12-20(19)29(22)5/h7-14,17H,6,15-16H2,1-5H3/b22-14+. The third-order valence-corrected chi connectivity index (χ3v) is 7.30. The molecule has 1 aromatic carbocycles. The SMILES string of the molecule is CCOC(=O)Cc1nnc(SC(C)C(=O)/C=C2/N(C)c3ccccc3C2(C)C)n1Cc1ccco1. The van der Waals surface area contributed by atoms with Crippen molar-refractivity contribution in [1.82, 2.24) is 14.8 Å². The molecule has 1 unspecified atom stereocenters. The van der Waals surface area contributed by atoms with Crippen molar-refractivity contribution in [3.05, 3.63) is 71.6 Å². The van der Waals surface area contributed by atoms with Gasteiger partial charge in [-0.25, -0.2) is 0 Å². The smallest absolute Gasteiger partial charge is 0.313 e. The summed E-state index contributed by atoms with van der Waals surface area (Å²) in [6.45, 7) is 8.53. The molecule has 0 saturated carbocycles. The highest BCUT2D eigenvalue weighted by atomic mass is 32.2. The maximum absolute atomic E-state index is 13.3. The minimum Gasteiger partial charge on any atom is -0.467 e. The molecule has 9 heteroatoms. The average Bonchev–Trinajstić information content (AvgIpc) is 3.51. The van der Waals surface area contributed by atoms with Crippen LogP contribution in [0.1, 0.15) is 44.8 Å². The summed E-state index contributed by atoms with van der Waals surface area (Å²) in [7, 11) is 1.99. The quantitative estimate of drug-likeness (QED) is 0.246. The van der Waals surface area contributed by atoms with Crippen LogP contribution in [0.2, 0.25) is 0 Å². The molecule has 184 valence electrons.